The van der Waals surface area contributed by atoms with Crippen LogP contribution in [0, 0.1) is 11.3 Å². The van der Waals surface area contributed by atoms with Crippen LogP contribution in [0.15, 0.2) is 60.8 Å². The summed E-state index contributed by atoms with van der Waals surface area (Å²) in [6.45, 7) is 2.40. The van der Waals surface area contributed by atoms with Gasteiger partial charge in [-0.15, -0.1) is 0 Å². The maximum absolute atomic E-state index is 12.6. The Balaban J connectivity index is 1.45. The number of rotatable bonds is 7. The van der Waals surface area contributed by atoms with Gasteiger partial charge in [0.2, 0.25) is 0 Å². The summed E-state index contributed by atoms with van der Waals surface area (Å²) in [7, 11) is 2.05. The van der Waals surface area contributed by atoms with E-state index in [1.807, 2.05) is 18.2 Å². The predicted molar refractivity (Wildman–Crippen MR) is 129 cm³/mol. The second-order valence-electron chi connectivity index (χ2n) is 8.30. The summed E-state index contributed by atoms with van der Waals surface area (Å²) in [6, 6.07) is 18.3. The molecule has 2 aromatic carbocycles. The average molecular weight is 442 g/mol. The zero-order chi connectivity index (χ0) is 23.2. The molecule has 1 fully saturated rings. The van der Waals surface area contributed by atoms with E-state index in [-0.39, 0.29) is 12.0 Å². The smallest absolute Gasteiger partial charge is 0.255 e. The molecule has 1 saturated heterocycles. The van der Waals surface area contributed by atoms with Crippen molar-refractivity contribution >= 4 is 17.3 Å². The Morgan fingerprint density at radius 3 is 2.76 bits per heavy atom. The van der Waals surface area contributed by atoms with Crippen LogP contribution >= 0.6 is 0 Å². The van der Waals surface area contributed by atoms with Gasteiger partial charge in [-0.1, -0.05) is 24.3 Å². The minimum atomic E-state index is -0.252. The number of nitriles is 1. The van der Waals surface area contributed by atoms with Gasteiger partial charge in [-0.05, 0) is 55.8 Å². The number of carbonyl (C=O) groups is 1. The maximum Gasteiger partial charge on any atom is 0.255 e. The SMILES string of the molecule is CN(Cc1cnc(-c2ccc(C(=O)Nc3ccccc3N)cc2)c(C#N)c1)CC1CCCO1. The standard InChI is InChI=1S/C26H27N5O2/c1-31(17-22-5-4-12-33-22)16-18-13-21(14-27)25(29-15-18)19-8-10-20(11-9-19)26(32)30-24-7-3-2-6-23(24)28/h2-3,6-11,13,15,22H,4-5,12,16-17,28H2,1H3,(H,30,32). The number of anilines is 2. The molecule has 1 unspecified atom stereocenters. The minimum absolute atomic E-state index is 0.252. The van der Waals surface area contributed by atoms with Crippen LogP contribution in [-0.4, -0.2) is 42.1 Å². The van der Waals surface area contributed by atoms with Crippen molar-refractivity contribution in [1.82, 2.24) is 9.88 Å². The summed E-state index contributed by atoms with van der Waals surface area (Å²) >= 11 is 0. The van der Waals surface area contributed by atoms with Crippen LogP contribution < -0.4 is 11.1 Å². The van der Waals surface area contributed by atoms with E-state index < -0.39 is 0 Å². The van der Waals surface area contributed by atoms with E-state index in [2.05, 4.69) is 28.3 Å². The Morgan fingerprint density at radius 2 is 2.06 bits per heavy atom. The summed E-state index contributed by atoms with van der Waals surface area (Å²) < 4.78 is 5.70. The van der Waals surface area contributed by atoms with Gasteiger partial charge in [0.05, 0.1) is 28.7 Å². The van der Waals surface area contributed by atoms with Gasteiger partial charge in [0.25, 0.3) is 5.91 Å². The van der Waals surface area contributed by atoms with Gasteiger partial charge >= 0.3 is 0 Å². The molecule has 33 heavy (non-hydrogen) atoms. The highest BCUT2D eigenvalue weighted by molar-refractivity contribution is 6.05. The Hall–Kier alpha value is -3.73. The fourth-order valence-electron chi connectivity index (χ4n) is 4.01. The topological polar surface area (TPSA) is 104 Å². The molecule has 7 heteroatoms. The number of likely N-dealkylation sites (N-methyl/N-ethyl adjacent to an activating group) is 1. The van der Waals surface area contributed by atoms with E-state index in [9.17, 15) is 10.1 Å². The van der Waals surface area contributed by atoms with Crippen LogP contribution in [0.5, 0.6) is 0 Å². The maximum atomic E-state index is 12.6. The number of ether oxygens (including phenoxy) is 1. The molecule has 0 bridgehead atoms. The molecule has 0 spiro atoms. The number of pyridine rings is 1. The van der Waals surface area contributed by atoms with Gasteiger partial charge in [-0.25, -0.2) is 0 Å². The van der Waals surface area contributed by atoms with Crippen LogP contribution in [0.1, 0.15) is 34.3 Å². The number of benzene rings is 2. The monoisotopic (exact) mass is 441 g/mol. The predicted octanol–water partition coefficient (Wildman–Crippen LogP) is 4.07. The highest BCUT2D eigenvalue weighted by Crippen LogP contribution is 2.24. The molecule has 7 nitrogen and oxygen atoms in total. The van der Waals surface area contributed by atoms with Crippen LogP contribution in [0.2, 0.25) is 0 Å². The van der Waals surface area contributed by atoms with Crippen molar-refractivity contribution in [2.45, 2.75) is 25.5 Å². The van der Waals surface area contributed by atoms with Crippen molar-refractivity contribution in [1.29, 1.82) is 5.26 Å². The molecule has 1 aliphatic rings. The minimum Gasteiger partial charge on any atom is -0.397 e. The molecule has 3 aromatic rings. The second-order valence-corrected chi connectivity index (χ2v) is 8.30. The number of nitrogen functional groups attached to an aromatic ring is 1. The van der Waals surface area contributed by atoms with E-state index >= 15 is 0 Å². The lowest BCUT2D eigenvalue weighted by molar-refractivity contribution is 0.0793. The average Bonchev–Trinajstić information content (AvgIpc) is 3.33. The summed E-state index contributed by atoms with van der Waals surface area (Å²) in [5, 5.41) is 12.5. The number of hydrogen-bond acceptors (Lipinski definition) is 6. The molecule has 0 aliphatic carbocycles. The van der Waals surface area contributed by atoms with E-state index in [1.165, 1.54) is 0 Å². The number of nitrogens with zero attached hydrogens (tertiary/aromatic N) is 3. The molecule has 4 rings (SSSR count). The Bertz CT molecular complexity index is 1160. The molecule has 1 atom stereocenters. The number of amides is 1. The van der Waals surface area contributed by atoms with Gasteiger partial charge in [0.15, 0.2) is 0 Å². The van der Waals surface area contributed by atoms with E-state index in [0.29, 0.717) is 34.7 Å². The van der Waals surface area contributed by atoms with E-state index in [4.69, 9.17) is 10.5 Å². The molecule has 0 saturated carbocycles. The van der Waals surface area contributed by atoms with Crippen molar-refractivity contribution < 1.29 is 9.53 Å². The molecule has 168 valence electrons. The van der Waals surface area contributed by atoms with Gasteiger partial charge in [0.1, 0.15) is 6.07 Å². The van der Waals surface area contributed by atoms with E-state index in [0.717, 1.165) is 37.1 Å². The first-order chi connectivity index (χ1) is 16.0. The lowest BCUT2D eigenvalue weighted by Gasteiger charge is -2.20. The van der Waals surface area contributed by atoms with Gasteiger partial charge < -0.3 is 15.8 Å². The van der Waals surface area contributed by atoms with Crippen LogP contribution in [0.4, 0.5) is 11.4 Å². The quantitative estimate of drug-likeness (QED) is 0.536. The first-order valence-electron chi connectivity index (χ1n) is 11.0. The second kappa shape index (κ2) is 10.3. The first-order valence-corrected chi connectivity index (χ1v) is 11.0. The number of carbonyl (C=O) groups excluding carboxylic acids is 1. The third kappa shape index (κ3) is 5.55. The van der Waals surface area contributed by atoms with Gasteiger partial charge in [-0.2, -0.15) is 5.26 Å². The fourth-order valence-corrected chi connectivity index (χ4v) is 4.01. The molecule has 1 aliphatic heterocycles. The number of hydrogen-bond donors (Lipinski definition) is 2. The van der Waals surface area contributed by atoms with Gasteiger partial charge in [0, 0.05) is 37.0 Å². The lowest BCUT2D eigenvalue weighted by atomic mass is 10.0. The molecule has 2 heterocycles. The first kappa shape index (κ1) is 22.5. The fraction of sp³-hybridized carbons (Fsp3) is 0.269. The highest BCUT2D eigenvalue weighted by Gasteiger charge is 2.18. The van der Waals surface area contributed by atoms with Crippen LogP contribution in [0.3, 0.4) is 0 Å². The van der Waals surface area contributed by atoms with Crippen molar-refractivity contribution in [3.63, 3.8) is 0 Å². The third-order valence-electron chi connectivity index (χ3n) is 5.69. The Labute approximate surface area is 193 Å². The molecule has 1 aromatic heterocycles. The zero-order valence-electron chi connectivity index (χ0n) is 18.6. The number of para-hydroxylation sites is 2. The van der Waals surface area contributed by atoms with E-state index in [1.54, 1.807) is 42.6 Å². The Morgan fingerprint density at radius 1 is 1.27 bits per heavy atom. The normalized spacial score (nSPS) is 15.4. The zero-order valence-corrected chi connectivity index (χ0v) is 18.6. The third-order valence-corrected chi connectivity index (χ3v) is 5.69. The number of aromatic nitrogens is 1. The largest absolute Gasteiger partial charge is 0.397 e. The Kier molecular flexibility index (Phi) is 6.98. The molecule has 3 N–H and O–H groups in total. The number of nitrogens with one attached hydrogen (secondary N) is 1. The summed E-state index contributed by atoms with van der Waals surface area (Å²) in [4.78, 5) is 19.3. The van der Waals surface area contributed by atoms with Crippen LogP contribution in [0.25, 0.3) is 11.3 Å². The van der Waals surface area contributed by atoms with Gasteiger partial charge in [-0.3, -0.25) is 14.7 Å². The number of nitrogens with two attached hydrogens (primary N) is 1. The van der Waals surface area contributed by atoms with Crippen molar-refractivity contribution in [3.05, 3.63) is 77.5 Å². The van der Waals surface area contributed by atoms with Crippen molar-refractivity contribution in [2.75, 3.05) is 31.2 Å². The van der Waals surface area contributed by atoms with Crippen LogP contribution in [-0.2, 0) is 11.3 Å². The summed E-state index contributed by atoms with van der Waals surface area (Å²) in [6.07, 6.45) is 4.30. The molecular formula is C26H27N5O2. The highest BCUT2D eigenvalue weighted by atomic mass is 16.5. The molecular weight excluding hydrogens is 414 g/mol. The molecule has 1 amide bonds. The lowest BCUT2D eigenvalue weighted by Crippen LogP contribution is -2.28. The molecule has 0 radical (unpaired) electrons. The summed E-state index contributed by atoms with van der Waals surface area (Å²) in [5.74, 6) is -0.252. The summed E-state index contributed by atoms with van der Waals surface area (Å²) in [5.41, 5.74) is 10.3. The van der Waals surface area contributed by atoms with Crippen molar-refractivity contribution in [3.8, 4) is 17.3 Å². The van der Waals surface area contributed by atoms with Crippen molar-refractivity contribution in [2.24, 2.45) is 0 Å².